The first-order valence-electron chi connectivity index (χ1n) is 9.10. The van der Waals surface area contributed by atoms with Crippen molar-refractivity contribution in [3.63, 3.8) is 0 Å². The minimum absolute atomic E-state index is 0.198. The van der Waals surface area contributed by atoms with Crippen molar-refractivity contribution in [2.75, 3.05) is 25.0 Å². The lowest BCUT2D eigenvalue weighted by Crippen LogP contribution is -2.49. The largest absolute Gasteiger partial charge is 0.355 e. The van der Waals surface area contributed by atoms with Gasteiger partial charge in [0.05, 0.1) is 0 Å². The molecule has 1 atom stereocenters. The summed E-state index contributed by atoms with van der Waals surface area (Å²) in [6.07, 6.45) is 9.12. The third-order valence-corrected chi connectivity index (χ3v) is 5.00. The number of hydrogen-bond acceptors (Lipinski definition) is 4. The maximum atomic E-state index is 12.6. The molecule has 0 radical (unpaired) electrons. The number of hydrogen-bond donors (Lipinski definition) is 0. The molecule has 2 aromatic heterocycles. The van der Waals surface area contributed by atoms with Crippen LogP contribution in [0.2, 0.25) is 0 Å². The molecule has 3 rings (SSSR count). The van der Waals surface area contributed by atoms with Gasteiger partial charge in [0.15, 0.2) is 0 Å². The number of amides is 1. The molecule has 0 spiro atoms. The highest BCUT2D eigenvalue weighted by Gasteiger charge is 2.26. The number of likely N-dealkylation sites (N-methyl/N-ethyl adjacent to an activating group) is 1. The van der Waals surface area contributed by atoms with Gasteiger partial charge in [-0.2, -0.15) is 0 Å². The van der Waals surface area contributed by atoms with E-state index in [1.165, 1.54) is 0 Å². The Kier molecular flexibility index (Phi) is 5.68. The first-order chi connectivity index (χ1) is 12.2. The lowest BCUT2D eigenvalue weighted by atomic mass is 10.0. The lowest BCUT2D eigenvalue weighted by molar-refractivity contribution is -0.132. The van der Waals surface area contributed by atoms with E-state index in [0.717, 1.165) is 44.0 Å². The molecule has 1 amide bonds. The predicted molar refractivity (Wildman–Crippen MR) is 98.5 cm³/mol. The number of nitrogens with zero attached hydrogens (tertiary/aromatic N) is 5. The van der Waals surface area contributed by atoms with Crippen LogP contribution in [-0.4, -0.2) is 51.5 Å². The first kappa shape index (κ1) is 17.5. The van der Waals surface area contributed by atoms with E-state index < -0.39 is 0 Å². The summed E-state index contributed by atoms with van der Waals surface area (Å²) in [5, 5.41) is 0. The molecule has 0 saturated carbocycles. The second-order valence-corrected chi connectivity index (χ2v) is 6.58. The van der Waals surface area contributed by atoms with Crippen molar-refractivity contribution in [3.05, 3.63) is 42.6 Å². The number of piperidine rings is 1. The van der Waals surface area contributed by atoms with Gasteiger partial charge >= 0.3 is 0 Å². The van der Waals surface area contributed by atoms with Gasteiger partial charge in [0, 0.05) is 64.2 Å². The molecule has 0 aromatic carbocycles. The van der Waals surface area contributed by atoms with Crippen LogP contribution in [0.4, 0.5) is 5.82 Å². The van der Waals surface area contributed by atoms with Gasteiger partial charge in [-0.25, -0.2) is 9.97 Å². The second-order valence-electron chi connectivity index (χ2n) is 6.58. The zero-order valence-corrected chi connectivity index (χ0v) is 15.1. The quantitative estimate of drug-likeness (QED) is 0.809. The molecule has 2 aromatic rings. The summed E-state index contributed by atoms with van der Waals surface area (Å²) in [5.74, 6) is 2.23. The topological polar surface area (TPSA) is 54.3 Å². The fourth-order valence-corrected chi connectivity index (χ4v) is 3.47. The van der Waals surface area contributed by atoms with E-state index in [1.54, 1.807) is 6.20 Å². The number of carbonyl (C=O) groups is 1. The van der Waals surface area contributed by atoms with Gasteiger partial charge in [-0.15, -0.1) is 0 Å². The first-order valence-corrected chi connectivity index (χ1v) is 9.10. The van der Waals surface area contributed by atoms with E-state index in [1.807, 2.05) is 42.5 Å². The third-order valence-electron chi connectivity index (χ3n) is 5.00. The van der Waals surface area contributed by atoms with Crippen LogP contribution in [0.25, 0.3) is 0 Å². The van der Waals surface area contributed by atoms with Gasteiger partial charge in [0.2, 0.25) is 5.91 Å². The summed E-state index contributed by atoms with van der Waals surface area (Å²) < 4.78 is 2.08. The van der Waals surface area contributed by atoms with Crippen LogP contribution >= 0.6 is 0 Å². The molecule has 134 valence electrons. The van der Waals surface area contributed by atoms with Crippen LogP contribution in [-0.2, 0) is 17.8 Å². The second kappa shape index (κ2) is 8.14. The number of rotatable bonds is 6. The minimum Gasteiger partial charge on any atom is -0.355 e. The average molecular weight is 341 g/mol. The number of pyridine rings is 1. The zero-order chi connectivity index (χ0) is 17.6. The Bertz CT molecular complexity index is 684. The standard InChI is InChI=1S/C19H27N5O/c1-3-17-21-11-14-23(17)13-9-19(25)22(2)16-7-6-12-24(15-16)18-8-4-5-10-20-18/h4-5,8,10-11,14,16H,3,6-7,9,12-13,15H2,1-2H3/t16-/m1/s1. The molecule has 0 aliphatic carbocycles. The highest BCUT2D eigenvalue weighted by molar-refractivity contribution is 5.76. The van der Waals surface area contributed by atoms with Gasteiger partial charge in [0.25, 0.3) is 0 Å². The monoisotopic (exact) mass is 341 g/mol. The molecule has 1 saturated heterocycles. The smallest absolute Gasteiger partial charge is 0.224 e. The number of aromatic nitrogens is 3. The van der Waals surface area contributed by atoms with Crippen molar-refractivity contribution in [2.45, 2.75) is 45.2 Å². The fraction of sp³-hybridized carbons (Fsp3) is 0.526. The van der Waals surface area contributed by atoms with Crippen molar-refractivity contribution < 1.29 is 4.79 Å². The van der Waals surface area contributed by atoms with Crippen molar-refractivity contribution in [1.29, 1.82) is 0 Å². The molecule has 3 heterocycles. The van der Waals surface area contributed by atoms with Gasteiger partial charge in [-0.3, -0.25) is 4.79 Å². The fourth-order valence-electron chi connectivity index (χ4n) is 3.47. The Morgan fingerprint density at radius 1 is 1.32 bits per heavy atom. The van der Waals surface area contributed by atoms with Crippen LogP contribution in [0.1, 0.15) is 32.0 Å². The Morgan fingerprint density at radius 2 is 2.20 bits per heavy atom. The van der Waals surface area contributed by atoms with Crippen LogP contribution in [0.15, 0.2) is 36.8 Å². The summed E-state index contributed by atoms with van der Waals surface area (Å²) in [6.45, 7) is 4.64. The summed E-state index contributed by atoms with van der Waals surface area (Å²) in [6, 6.07) is 6.23. The van der Waals surface area contributed by atoms with Crippen LogP contribution in [0, 0.1) is 0 Å². The van der Waals surface area contributed by atoms with Gasteiger partial charge in [-0.1, -0.05) is 13.0 Å². The Balaban J connectivity index is 1.56. The molecule has 1 fully saturated rings. The normalized spacial score (nSPS) is 17.5. The van der Waals surface area contributed by atoms with Gasteiger partial charge in [0.1, 0.15) is 11.6 Å². The number of aryl methyl sites for hydroxylation is 2. The number of carbonyl (C=O) groups excluding carboxylic acids is 1. The van der Waals surface area contributed by atoms with E-state index in [9.17, 15) is 4.79 Å². The van der Waals surface area contributed by atoms with Crippen molar-refractivity contribution >= 4 is 11.7 Å². The minimum atomic E-state index is 0.198. The molecule has 25 heavy (non-hydrogen) atoms. The summed E-state index contributed by atoms with van der Waals surface area (Å²) in [7, 11) is 1.93. The molecule has 0 N–H and O–H groups in total. The maximum Gasteiger partial charge on any atom is 0.224 e. The van der Waals surface area contributed by atoms with E-state index in [-0.39, 0.29) is 11.9 Å². The third kappa shape index (κ3) is 4.18. The zero-order valence-electron chi connectivity index (χ0n) is 15.1. The molecule has 6 nitrogen and oxygen atoms in total. The Labute approximate surface area is 149 Å². The van der Waals surface area contributed by atoms with E-state index in [4.69, 9.17) is 0 Å². The molecule has 0 bridgehead atoms. The number of imidazole rings is 1. The van der Waals surface area contributed by atoms with Crippen molar-refractivity contribution in [3.8, 4) is 0 Å². The van der Waals surface area contributed by atoms with Crippen molar-refractivity contribution in [2.24, 2.45) is 0 Å². The van der Waals surface area contributed by atoms with Crippen LogP contribution in [0.3, 0.4) is 0 Å². The molecule has 6 heteroatoms. The molecular weight excluding hydrogens is 314 g/mol. The summed E-state index contributed by atoms with van der Waals surface area (Å²) >= 11 is 0. The van der Waals surface area contributed by atoms with Crippen molar-refractivity contribution in [1.82, 2.24) is 19.4 Å². The van der Waals surface area contributed by atoms with Crippen LogP contribution in [0.5, 0.6) is 0 Å². The predicted octanol–water partition coefficient (Wildman–Crippen LogP) is 2.36. The Morgan fingerprint density at radius 3 is 2.96 bits per heavy atom. The highest BCUT2D eigenvalue weighted by atomic mass is 16.2. The average Bonchev–Trinajstić information content (AvgIpc) is 3.14. The SMILES string of the molecule is CCc1nccn1CCC(=O)N(C)[C@@H]1CCCN(c2ccccn2)C1. The maximum absolute atomic E-state index is 12.6. The Hall–Kier alpha value is -2.37. The molecule has 1 aliphatic rings. The van der Waals surface area contributed by atoms with Crippen LogP contribution < -0.4 is 4.90 Å². The van der Waals surface area contributed by atoms with E-state index in [0.29, 0.717) is 13.0 Å². The van der Waals surface area contributed by atoms with Gasteiger partial charge < -0.3 is 14.4 Å². The molecule has 0 unspecified atom stereocenters. The highest BCUT2D eigenvalue weighted by Crippen LogP contribution is 2.20. The van der Waals surface area contributed by atoms with E-state index >= 15 is 0 Å². The molecular formula is C19H27N5O. The summed E-state index contributed by atoms with van der Waals surface area (Å²) in [5.41, 5.74) is 0. The van der Waals surface area contributed by atoms with Gasteiger partial charge in [-0.05, 0) is 25.0 Å². The van der Waals surface area contributed by atoms with E-state index in [2.05, 4.69) is 26.4 Å². The lowest BCUT2D eigenvalue weighted by Gasteiger charge is -2.38. The summed E-state index contributed by atoms with van der Waals surface area (Å²) in [4.78, 5) is 25.6. The molecule has 1 aliphatic heterocycles. The number of anilines is 1.